The molecule has 3 amide bonds. The molecule has 0 atom stereocenters. The van der Waals surface area contributed by atoms with Gasteiger partial charge >= 0.3 is 6.09 Å². The molecule has 0 bridgehead atoms. The van der Waals surface area contributed by atoms with E-state index >= 15 is 0 Å². The van der Waals surface area contributed by atoms with Crippen LogP contribution in [0, 0.1) is 6.42 Å². The highest BCUT2D eigenvalue weighted by atomic mass is 16.6. The third-order valence-electron chi connectivity index (χ3n) is 8.43. The van der Waals surface area contributed by atoms with E-state index in [9.17, 15) is 14.4 Å². The topological polar surface area (TPSA) is 97.9 Å². The smallest absolute Gasteiger partial charge is 0.410 e. The molecule has 3 aliphatic rings. The van der Waals surface area contributed by atoms with Gasteiger partial charge in [-0.15, -0.1) is 0 Å². The summed E-state index contributed by atoms with van der Waals surface area (Å²) >= 11 is 0. The van der Waals surface area contributed by atoms with Gasteiger partial charge in [0.15, 0.2) is 0 Å². The highest BCUT2D eigenvalue weighted by Gasteiger charge is 2.29. The van der Waals surface area contributed by atoms with Gasteiger partial charge in [-0.25, -0.2) is 4.79 Å². The van der Waals surface area contributed by atoms with Gasteiger partial charge in [-0.1, -0.05) is 0 Å². The fourth-order valence-electron chi connectivity index (χ4n) is 5.95. The van der Waals surface area contributed by atoms with E-state index in [4.69, 9.17) is 18.9 Å². The summed E-state index contributed by atoms with van der Waals surface area (Å²) in [5.74, 6) is 1.86. The third kappa shape index (κ3) is 8.61. The van der Waals surface area contributed by atoms with Gasteiger partial charge in [0.1, 0.15) is 35.1 Å². The Hall–Kier alpha value is -3.95. The van der Waals surface area contributed by atoms with E-state index in [1.165, 1.54) is 0 Å². The standard InChI is InChI=1S/C35H46N3O7/c1-35(2,3)45-34(41)38-22-16-27(17-23-38)43-26-10-8-25(9-11-26)32(39)37-20-14-28(15-21-37)44-29-12-13-30(31(24-29)42-4)33(40)36-18-6-5-7-19-36/h5,8-13,24,27-28H,6-7,14-23H2,1-4H3. The first-order chi connectivity index (χ1) is 21.6. The Bertz CT molecular complexity index is 1320. The number of hydrogen-bond donors (Lipinski definition) is 0. The number of amides is 3. The van der Waals surface area contributed by atoms with Crippen LogP contribution < -0.4 is 14.2 Å². The Kier molecular flexibility index (Phi) is 10.4. The van der Waals surface area contributed by atoms with Crippen molar-refractivity contribution in [3.63, 3.8) is 0 Å². The molecule has 3 aliphatic heterocycles. The molecule has 0 aromatic heterocycles. The van der Waals surface area contributed by atoms with Gasteiger partial charge in [0.25, 0.3) is 11.8 Å². The first kappa shape index (κ1) is 32.4. The Morgan fingerprint density at radius 3 is 1.80 bits per heavy atom. The third-order valence-corrected chi connectivity index (χ3v) is 8.43. The maximum atomic E-state index is 13.2. The molecule has 2 aromatic carbocycles. The lowest BCUT2D eigenvalue weighted by atomic mass is 10.1. The van der Waals surface area contributed by atoms with Gasteiger partial charge in [0.05, 0.1) is 12.7 Å². The van der Waals surface area contributed by atoms with E-state index in [-0.39, 0.29) is 30.1 Å². The van der Waals surface area contributed by atoms with Crippen LogP contribution in [0.1, 0.15) is 80.0 Å². The zero-order valence-electron chi connectivity index (χ0n) is 27.0. The highest BCUT2D eigenvalue weighted by Crippen LogP contribution is 2.29. The van der Waals surface area contributed by atoms with Crippen LogP contribution in [-0.4, -0.2) is 96.8 Å². The molecule has 0 spiro atoms. The summed E-state index contributed by atoms with van der Waals surface area (Å²) in [5, 5.41) is 0. The summed E-state index contributed by atoms with van der Waals surface area (Å²) in [4.78, 5) is 44.0. The molecule has 0 N–H and O–H groups in total. The molecule has 3 fully saturated rings. The number of methoxy groups -OCH3 is 1. The molecule has 243 valence electrons. The Morgan fingerprint density at radius 1 is 0.689 bits per heavy atom. The van der Waals surface area contributed by atoms with Crippen molar-refractivity contribution in [2.45, 2.75) is 77.1 Å². The summed E-state index contributed by atoms with van der Waals surface area (Å²) in [6, 6.07) is 12.7. The Balaban J connectivity index is 1.07. The number of likely N-dealkylation sites (tertiary alicyclic amines) is 3. The summed E-state index contributed by atoms with van der Waals surface area (Å²) in [7, 11) is 1.57. The number of nitrogens with zero attached hydrogens (tertiary/aromatic N) is 3. The van der Waals surface area contributed by atoms with Crippen LogP contribution in [0.15, 0.2) is 42.5 Å². The lowest BCUT2D eigenvalue weighted by Crippen LogP contribution is -2.44. The summed E-state index contributed by atoms with van der Waals surface area (Å²) in [5.41, 5.74) is 0.662. The molecule has 45 heavy (non-hydrogen) atoms. The van der Waals surface area contributed by atoms with Crippen LogP contribution in [0.4, 0.5) is 4.79 Å². The highest BCUT2D eigenvalue weighted by molar-refractivity contribution is 5.97. The second-order valence-electron chi connectivity index (χ2n) is 12.9. The van der Waals surface area contributed by atoms with Crippen LogP contribution in [0.3, 0.4) is 0 Å². The van der Waals surface area contributed by atoms with Crippen molar-refractivity contribution in [1.82, 2.24) is 14.7 Å². The van der Waals surface area contributed by atoms with Crippen LogP contribution >= 0.6 is 0 Å². The van der Waals surface area contributed by atoms with Gasteiger partial charge in [0.2, 0.25) is 0 Å². The first-order valence-electron chi connectivity index (χ1n) is 16.1. The summed E-state index contributed by atoms with van der Waals surface area (Å²) < 4.78 is 23.4. The van der Waals surface area contributed by atoms with Crippen LogP contribution in [0.2, 0.25) is 0 Å². The van der Waals surface area contributed by atoms with E-state index in [1.807, 2.05) is 60.9 Å². The van der Waals surface area contributed by atoms with Crippen molar-refractivity contribution in [2.24, 2.45) is 0 Å². The summed E-state index contributed by atoms with van der Waals surface area (Å²) in [6.45, 7) is 9.43. The molecule has 1 radical (unpaired) electrons. The average Bonchev–Trinajstić information content (AvgIpc) is 3.05. The van der Waals surface area contributed by atoms with E-state index in [2.05, 4.69) is 6.42 Å². The molecule has 0 saturated carbocycles. The minimum absolute atomic E-state index is 0.00867. The van der Waals surface area contributed by atoms with Gasteiger partial charge in [-0.05, 0) is 76.4 Å². The molecule has 10 nitrogen and oxygen atoms in total. The van der Waals surface area contributed by atoms with Crippen molar-refractivity contribution in [2.75, 3.05) is 46.4 Å². The molecule has 10 heteroatoms. The normalized spacial score (nSPS) is 18.4. The Labute approximate surface area is 266 Å². The van der Waals surface area contributed by atoms with E-state index in [0.29, 0.717) is 67.4 Å². The molecule has 2 aromatic rings. The predicted octanol–water partition coefficient (Wildman–Crippen LogP) is 5.60. The molecule has 3 heterocycles. The van der Waals surface area contributed by atoms with Gasteiger partial charge in [-0.2, -0.15) is 0 Å². The molecular weight excluding hydrogens is 574 g/mol. The molecule has 0 aliphatic carbocycles. The maximum absolute atomic E-state index is 13.2. The second-order valence-corrected chi connectivity index (χ2v) is 12.9. The number of ether oxygens (including phenoxy) is 4. The maximum Gasteiger partial charge on any atom is 0.410 e. The first-order valence-corrected chi connectivity index (χ1v) is 16.1. The van der Waals surface area contributed by atoms with Gasteiger partial charge in [0, 0.05) is 76.6 Å². The number of carbonyl (C=O) groups excluding carboxylic acids is 3. The van der Waals surface area contributed by atoms with Crippen LogP contribution in [0.5, 0.6) is 17.2 Å². The zero-order valence-corrected chi connectivity index (χ0v) is 27.0. The lowest BCUT2D eigenvalue weighted by Gasteiger charge is -2.33. The SMILES string of the molecule is COc1cc(OC2CCN(C(=O)c3ccc(OC4CCN(C(=O)OC(C)(C)C)CC4)cc3)CC2)ccc1C(=O)N1CC[CH]CC1. The molecule has 5 rings (SSSR count). The monoisotopic (exact) mass is 620 g/mol. The minimum Gasteiger partial charge on any atom is -0.496 e. The fourth-order valence-corrected chi connectivity index (χ4v) is 5.95. The predicted molar refractivity (Wildman–Crippen MR) is 170 cm³/mol. The van der Waals surface area contributed by atoms with Crippen molar-refractivity contribution in [3.8, 4) is 17.2 Å². The van der Waals surface area contributed by atoms with E-state index in [0.717, 1.165) is 38.8 Å². The van der Waals surface area contributed by atoms with Gasteiger partial charge in [-0.3, -0.25) is 9.59 Å². The van der Waals surface area contributed by atoms with Crippen LogP contribution in [0.25, 0.3) is 0 Å². The number of rotatable bonds is 7. The number of hydrogen-bond acceptors (Lipinski definition) is 7. The average molecular weight is 621 g/mol. The molecule has 0 unspecified atom stereocenters. The van der Waals surface area contributed by atoms with Crippen LogP contribution in [-0.2, 0) is 4.74 Å². The van der Waals surface area contributed by atoms with E-state index < -0.39 is 5.60 Å². The van der Waals surface area contributed by atoms with Crippen molar-refractivity contribution >= 4 is 17.9 Å². The summed E-state index contributed by atoms with van der Waals surface area (Å²) in [6.07, 6.45) is 6.60. The number of benzene rings is 2. The van der Waals surface area contributed by atoms with Gasteiger partial charge < -0.3 is 33.6 Å². The fraction of sp³-hybridized carbons (Fsp3) is 0.543. The van der Waals surface area contributed by atoms with E-state index in [1.54, 1.807) is 24.1 Å². The largest absolute Gasteiger partial charge is 0.496 e. The number of piperidine rings is 3. The van der Waals surface area contributed by atoms with Crippen molar-refractivity contribution < 1.29 is 33.3 Å². The molecule has 3 saturated heterocycles. The lowest BCUT2D eigenvalue weighted by molar-refractivity contribution is 0.0126. The Morgan fingerprint density at radius 2 is 1.22 bits per heavy atom. The van der Waals surface area contributed by atoms with Crippen molar-refractivity contribution in [1.29, 1.82) is 0 Å². The zero-order chi connectivity index (χ0) is 32.0. The second kappa shape index (κ2) is 14.4. The van der Waals surface area contributed by atoms with Crippen molar-refractivity contribution in [3.05, 3.63) is 60.0 Å². The number of carbonyl (C=O) groups is 3. The molecular formula is C35H46N3O7. The quantitative estimate of drug-likeness (QED) is 0.398. The minimum atomic E-state index is -0.510.